The van der Waals surface area contributed by atoms with Crippen molar-refractivity contribution >= 4 is 28.4 Å². The summed E-state index contributed by atoms with van der Waals surface area (Å²) in [5, 5.41) is -0.961. The number of rotatable bonds is 3. The van der Waals surface area contributed by atoms with Crippen LogP contribution < -0.4 is 0 Å². The van der Waals surface area contributed by atoms with Crippen molar-refractivity contribution in [1.29, 1.82) is 0 Å². The molecule has 0 fully saturated rings. The van der Waals surface area contributed by atoms with E-state index in [4.69, 9.17) is 23.2 Å². The summed E-state index contributed by atoms with van der Waals surface area (Å²) in [6.07, 6.45) is 0.657. The molecule has 0 saturated carbocycles. The van der Waals surface area contributed by atoms with Crippen LogP contribution in [0.3, 0.4) is 0 Å². The largest absolute Gasteiger partial charge is 0.280 e. The summed E-state index contributed by atoms with van der Waals surface area (Å²) in [4.78, 5) is 10.3. The van der Waals surface area contributed by atoms with E-state index in [1.54, 1.807) is 0 Å². The van der Waals surface area contributed by atoms with Gasteiger partial charge in [-0.3, -0.25) is 4.79 Å². The number of carbonyl (C=O) groups excluding carboxylic acids is 1. The Morgan fingerprint density at radius 2 is 2.00 bits per heavy atom. The first kappa shape index (κ1) is 9.25. The molecule has 0 amide bonds. The summed E-state index contributed by atoms with van der Waals surface area (Å²) < 4.78 is 0. The van der Waals surface area contributed by atoms with E-state index < -0.39 is 10.6 Å². The minimum absolute atomic E-state index is 0.426. The maximum Gasteiger partial charge on any atom is 0.239 e. The van der Waals surface area contributed by atoms with E-state index in [1.165, 1.54) is 0 Å². The Hall–Kier alpha value is 0.250. The zero-order valence-corrected chi connectivity index (χ0v) is 7.04. The van der Waals surface area contributed by atoms with Crippen molar-refractivity contribution in [2.75, 3.05) is 0 Å². The Balaban J connectivity index is 3.50. The highest BCUT2D eigenvalue weighted by Gasteiger charge is 2.13. The molecule has 0 aliphatic heterocycles. The molecule has 0 aliphatic rings. The van der Waals surface area contributed by atoms with Gasteiger partial charge in [-0.05, 0) is 23.9 Å². The van der Waals surface area contributed by atoms with E-state index >= 15 is 0 Å². The highest BCUT2D eigenvalue weighted by molar-refractivity contribution is 6.69. The van der Waals surface area contributed by atoms with Crippen LogP contribution in [0.15, 0.2) is 0 Å². The Labute approximate surface area is 65.3 Å². The van der Waals surface area contributed by atoms with Gasteiger partial charge in [0.2, 0.25) is 5.24 Å². The predicted molar refractivity (Wildman–Crippen MR) is 40.0 cm³/mol. The molecule has 0 heterocycles. The van der Waals surface area contributed by atoms with Crippen molar-refractivity contribution in [3.8, 4) is 0 Å². The molecule has 0 aliphatic carbocycles. The third kappa shape index (κ3) is 4.73. The van der Waals surface area contributed by atoms with Crippen LogP contribution in [0.5, 0.6) is 0 Å². The van der Waals surface area contributed by atoms with Crippen LogP contribution >= 0.6 is 23.2 Å². The predicted octanol–water partition coefficient (Wildman–Crippen LogP) is 2.41. The van der Waals surface area contributed by atoms with Gasteiger partial charge in [-0.2, -0.15) is 0 Å². The molecule has 0 bridgehead atoms. The first-order chi connectivity index (χ1) is 4.04. The Kier molecular flexibility index (Phi) is 4.24. The quantitative estimate of drug-likeness (QED) is 0.468. The van der Waals surface area contributed by atoms with Gasteiger partial charge in [-0.15, -0.1) is 11.6 Å². The van der Waals surface area contributed by atoms with Crippen molar-refractivity contribution in [2.24, 2.45) is 5.92 Å². The second-order valence-corrected chi connectivity index (χ2v) is 3.30. The van der Waals surface area contributed by atoms with Gasteiger partial charge < -0.3 is 0 Å². The molecular weight excluding hydrogens is 159 g/mol. The Morgan fingerprint density at radius 1 is 1.56 bits per heavy atom. The standard InChI is InChI=1S/C6H10Cl2O/c1-4(2)3-5(7)6(8)9/h4-5H,3H2,1-2H3. The molecule has 1 unspecified atom stereocenters. The number of alkyl halides is 1. The Bertz CT molecular complexity index is 101. The van der Waals surface area contributed by atoms with Gasteiger partial charge in [0.05, 0.1) is 0 Å². The second kappa shape index (κ2) is 4.13. The molecule has 0 aromatic heterocycles. The minimum atomic E-state index is -0.508. The van der Waals surface area contributed by atoms with E-state index in [2.05, 4.69) is 0 Å². The topological polar surface area (TPSA) is 17.1 Å². The fourth-order valence-electron chi connectivity index (χ4n) is 0.507. The van der Waals surface area contributed by atoms with Crippen LogP contribution in [-0.2, 0) is 4.79 Å². The molecule has 54 valence electrons. The summed E-state index contributed by atoms with van der Waals surface area (Å²) >= 11 is 10.6. The number of halogens is 2. The minimum Gasteiger partial charge on any atom is -0.280 e. The Morgan fingerprint density at radius 3 is 2.11 bits per heavy atom. The number of hydrogen-bond acceptors (Lipinski definition) is 1. The molecule has 0 spiro atoms. The van der Waals surface area contributed by atoms with Crippen molar-refractivity contribution in [2.45, 2.75) is 25.6 Å². The highest BCUT2D eigenvalue weighted by Crippen LogP contribution is 2.12. The average Bonchev–Trinajstić information content (AvgIpc) is 1.63. The normalized spacial score (nSPS) is 13.9. The molecule has 0 rings (SSSR count). The molecule has 1 atom stereocenters. The fraction of sp³-hybridized carbons (Fsp3) is 0.833. The summed E-state index contributed by atoms with van der Waals surface area (Å²) in [6.45, 7) is 3.99. The van der Waals surface area contributed by atoms with Crippen LogP contribution in [0.2, 0.25) is 0 Å². The van der Waals surface area contributed by atoms with Crippen LogP contribution in [0.25, 0.3) is 0 Å². The molecular formula is C6H10Cl2O. The van der Waals surface area contributed by atoms with Gasteiger partial charge in [0.1, 0.15) is 5.38 Å². The molecule has 3 heteroatoms. The first-order valence-corrected chi connectivity index (χ1v) is 3.69. The van der Waals surface area contributed by atoms with Crippen molar-refractivity contribution in [3.63, 3.8) is 0 Å². The van der Waals surface area contributed by atoms with E-state index in [1.807, 2.05) is 13.8 Å². The summed E-state index contributed by atoms with van der Waals surface area (Å²) in [6, 6.07) is 0. The second-order valence-electron chi connectivity index (χ2n) is 2.40. The van der Waals surface area contributed by atoms with Crippen molar-refractivity contribution in [3.05, 3.63) is 0 Å². The SMILES string of the molecule is CC(C)CC(Cl)C(=O)Cl. The first-order valence-electron chi connectivity index (χ1n) is 2.87. The van der Waals surface area contributed by atoms with Gasteiger partial charge in [-0.25, -0.2) is 0 Å². The average molecular weight is 169 g/mol. The van der Waals surface area contributed by atoms with Crippen LogP contribution in [0.4, 0.5) is 0 Å². The van der Waals surface area contributed by atoms with Gasteiger partial charge in [0.15, 0.2) is 0 Å². The molecule has 0 N–H and O–H groups in total. The smallest absolute Gasteiger partial charge is 0.239 e. The summed E-state index contributed by atoms with van der Waals surface area (Å²) in [5.41, 5.74) is 0. The highest BCUT2D eigenvalue weighted by atomic mass is 35.5. The fourth-order valence-corrected chi connectivity index (χ4v) is 0.952. The van der Waals surface area contributed by atoms with E-state index in [9.17, 15) is 4.79 Å². The lowest BCUT2D eigenvalue weighted by Gasteiger charge is -2.05. The lowest BCUT2D eigenvalue weighted by atomic mass is 10.1. The van der Waals surface area contributed by atoms with Crippen LogP contribution in [0, 0.1) is 5.92 Å². The molecule has 1 nitrogen and oxygen atoms in total. The maximum absolute atomic E-state index is 10.3. The lowest BCUT2D eigenvalue weighted by Crippen LogP contribution is -2.10. The monoisotopic (exact) mass is 168 g/mol. The van der Waals surface area contributed by atoms with Crippen LogP contribution in [-0.4, -0.2) is 10.6 Å². The third-order valence-electron chi connectivity index (χ3n) is 0.925. The van der Waals surface area contributed by atoms with Crippen molar-refractivity contribution in [1.82, 2.24) is 0 Å². The summed E-state index contributed by atoms with van der Waals surface area (Å²) in [5.74, 6) is 0.426. The van der Waals surface area contributed by atoms with Gasteiger partial charge >= 0.3 is 0 Å². The third-order valence-corrected chi connectivity index (χ3v) is 1.68. The van der Waals surface area contributed by atoms with Crippen molar-refractivity contribution < 1.29 is 4.79 Å². The van der Waals surface area contributed by atoms with E-state index in [0.29, 0.717) is 12.3 Å². The van der Waals surface area contributed by atoms with E-state index in [-0.39, 0.29) is 0 Å². The van der Waals surface area contributed by atoms with E-state index in [0.717, 1.165) is 0 Å². The van der Waals surface area contributed by atoms with Gasteiger partial charge in [0, 0.05) is 0 Å². The number of hydrogen-bond donors (Lipinski definition) is 0. The maximum atomic E-state index is 10.3. The summed E-state index contributed by atoms with van der Waals surface area (Å²) in [7, 11) is 0. The zero-order valence-electron chi connectivity index (χ0n) is 5.53. The van der Waals surface area contributed by atoms with Gasteiger partial charge in [-0.1, -0.05) is 13.8 Å². The number of carbonyl (C=O) groups is 1. The van der Waals surface area contributed by atoms with Gasteiger partial charge in [0.25, 0.3) is 0 Å². The molecule has 0 aromatic rings. The molecule has 0 saturated heterocycles. The van der Waals surface area contributed by atoms with Crippen LogP contribution in [0.1, 0.15) is 20.3 Å². The molecule has 9 heavy (non-hydrogen) atoms. The molecule has 0 aromatic carbocycles. The zero-order chi connectivity index (χ0) is 7.44. The molecule has 0 radical (unpaired) electrons. The lowest BCUT2D eigenvalue weighted by molar-refractivity contribution is -0.111.